The molecule has 6 heterocycles. The predicted octanol–water partition coefficient (Wildman–Crippen LogP) is 8.31. The summed E-state index contributed by atoms with van der Waals surface area (Å²) in [5, 5.41) is 36.4. The van der Waals surface area contributed by atoms with E-state index >= 15 is 0 Å². The van der Waals surface area contributed by atoms with Gasteiger partial charge in [-0.3, -0.25) is 38.9 Å². The Hall–Kier alpha value is -16.3. The SMILES string of the molecule is C.C#CC#CC.C#CC#CC#CC#CC#CC#CC#CC#CC.C#CC#CC#CC#CC#CC#CC#CC#CC#C.CC#CC#CC#CC#CC#CC#CC#CC.CC(=O)O.CC(C)(C(=O)Nc1cn(-c2cccnc2)nc1Cl)S(C)(=O)=O.CCOC(=O)C(C)(C)SC.CSC(C)(C)C(=O)Cl.CSC(C)(C)C(=O)Nc1cn(-c2cccnc2)nc1Cl.Nc1cn(-c2cccnc2)nc1Cl.O=BOO[O-].[Na+]. The second-order valence-electron chi connectivity index (χ2n) is 24.2. The molecule has 0 radical (unpaired) electrons. The van der Waals surface area contributed by atoms with E-state index in [4.69, 9.17) is 102 Å². The molecule has 0 aromatic carbocycles. The zero-order valence-electron chi connectivity index (χ0n) is 78.3. The van der Waals surface area contributed by atoms with E-state index in [2.05, 4.69) is 335 Å². The zero-order chi connectivity index (χ0) is 105. The van der Waals surface area contributed by atoms with E-state index in [1.54, 1.807) is 119 Å². The van der Waals surface area contributed by atoms with Crippen LogP contribution in [0, 0.1) is 310 Å². The molecule has 0 atom stereocenters. The maximum atomic E-state index is 12.2. The number of rotatable bonds is 16. The molecule has 0 spiro atoms. The number of anilines is 3. The zero-order valence-corrected chi connectivity index (χ0v) is 86.6. The third kappa shape index (κ3) is 74.1. The minimum Gasteiger partial charge on any atom is 1.00 e. The summed E-state index contributed by atoms with van der Waals surface area (Å²) in [5.41, 5.74) is 8.99. The number of carbonyl (C=O) groups is 5. The maximum absolute atomic E-state index is 12.2. The van der Waals surface area contributed by atoms with Gasteiger partial charge in [-0.15, -0.1) is 61.0 Å². The second kappa shape index (κ2) is 88.0. The number of carboxylic acids is 1. The number of aliphatic carboxylic acids is 1. The molecule has 140 heavy (non-hydrogen) atoms. The third-order valence-corrected chi connectivity index (χ3v) is 20.2. The molecular weight excluding hydrogens is 1940 g/mol. The van der Waals surface area contributed by atoms with Crippen molar-refractivity contribution in [2.24, 2.45) is 0 Å². The molecule has 35 heteroatoms. The Labute approximate surface area is 879 Å². The van der Waals surface area contributed by atoms with E-state index in [1.165, 1.54) is 60.0 Å². The van der Waals surface area contributed by atoms with Crippen LogP contribution in [0.4, 0.5) is 17.1 Å². The van der Waals surface area contributed by atoms with Gasteiger partial charge in [0.2, 0.25) is 17.1 Å². The van der Waals surface area contributed by atoms with Crippen molar-refractivity contribution in [1.82, 2.24) is 44.3 Å². The van der Waals surface area contributed by atoms with Crippen LogP contribution in [0.15, 0.2) is 92.2 Å². The first-order valence-electron chi connectivity index (χ1n) is 37.3. The van der Waals surface area contributed by atoms with Crippen molar-refractivity contribution >= 4 is 145 Å². The first kappa shape index (κ1) is 137. The maximum Gasteiger partial charge on any atom is 1.00 e. The minimum absolute atomic E-state index is 0. The average molecular weight is 2030 g/mol. The summed E-state index contributed by atoms with van der Waals surface area (Å²) < 4.78 is 38.7. The number of esters is 1. The smallest absolute Gasteiger partial charge is 1.00 e. The normalized spacial score (nSPS) is 7.82. The first-order chi connectivity index (χ1) is 65.7. The van der Waals surface area contributed by atoms with Crippen LogP contribution in [0.25, 0.3) is 17.1 Å². The van der Waals surface area contributed by atoms with Gasteiger partial charge in [-0.1, -0.05) is 65.9 Å². The quantitative estimate of drug-likeness (QED) is 0.0177. The van der Waals surface area contributed by atoms with Crippen LogP contribution >= 0.6 is 81.7 Å². The number of nitrogens with zero attached hydrogens (tertiary/aromatic N) is 9. The molecule has 6 aromatic rings. The number of amides is 2. The number of hydrogen-bond acceptors (Lipinski definition) is 22. The van der Waals surface area contributed by atoms with Crippen molar-refractivity contribution < 1.29 is 91.6 Å². The Morgan fingerprint density at radius 2 is 0.729 bits per heavy atom. The number of sulfone groups is 1. The van der Waals surface area contributed by atoms with Gasteiger partial charge in [0, 0.05) is 31.8 Å². The number of thioether (sulfide) groups is 3. The molecule has 25 nitrogen and oxygen atoms in total. The first-order valence-corrected chi connectivity index (χ1v) is 44.4. The molecular formula is C105H84BCl4N12NaO13S4. The fraction of sp³-hybridized carbons (Fsp3) is 0.229. The fourth-order valence-corrected chi connectivity index (χ4v) is 7.52. The molecule has 0 aliphatic heterocycles. The molecule has 698 valence electrons. The monoisotopic (exact) mass is 2020 g/mol. The average Bonchev–Trinajstić information content (AvgIpc) is 1.25. The van der Waals surface area contributed by atoms with Crippen LogP contribution in [0.1, 0.15) is 104 Å². The van der Waals surface area contributed by atoms with Gasteiger partial charge in [0.1, 0.15) is 9.49 Å². The van der Waals surface area contributed by atoms with Crippen molar-refractivity contribution in [2.75, 3.05) is 48.0 Å². The summed E-state index contributed by atoms with van der Waals surface area (Å²) in [6.07, 6.45) is 40.8. The minimum atomic E-state index is -3.57. The van der Waals surface area contributed by atoms with Gasteiger partial charge >= 0.3 is 62.7 Å². The van der Waals surface area contributed by atoms with Crippen molar-refractivity contribution in [3.05, 3.63) is 108 Å². The number of aromatic nitrogens is 9. The van der Waals surface area contributed by atoms with Crippen molar-refractivity contribution in [3.63, 3.8) is 0 Å². The molecule has 0 bridgehead atoms. The summed E-state index contributed by atoms with van der Waals surface area (Å²) in [7, 11) is -3.68. The molecule has 2 amide bonds. The van der Waals surface area contributed by atoms with Crippen LogP contribution < -0.4 is 51.2 Å². The van der Waals surface area contributed by atoms with Gasteiger partial charge in [-0.05, 0) is 417 Å². The van der Waals surface area contributed by atoms with E-state index in [-0.39, 0.29) is 77.4 Å². The summed E-state index contributed by atoms with van der Waals surface area (Å²) >= 11 is 27.4. The molecule has 5 N–H and O–H groups in total. The molecule has 6 aromatic heterocycles. The molecule has 0 unspecified atom stereocenters. The molecule has 0 aliphatic rings. The molecule has 0 aliphatic carbocycles. The number of halogens is 4. The van der Waals surface area contributed by atoms with Crippen LogP contribution in [0.2, 0.25) is 15.5 Å². The van der Waals surface area contributed by atoms with Gasteiger partial charge in [0.05, 0.1) is 87.4 Å². The van der Waals surface area contributed by atoms with Crippen LogP contribution in [-0.4, -0.2) is 145 Å². The molecule has 0 fully saturated rings. The number of pyridine rings is 3. The number of terminal acetylenes is 4. The Balaban J connectivity index is -0.000000286. The van der Waals surface area contributed by atoms with E-state index in [1.807, 2.05) is 71.6 Å². The van der Waals surface area contributed by atoms with E-state index < -0.39 is 40.7 Å². The van der Waals surface area contributed by atoms with Crippen molar-refractivity contribution in [2.45, 2.75) is 123 Å². The number of nitrogen functional groups attached to an aromatic ring is 1. The largest absolute Gasteiger partial charge is 1.00 e. The molecule has 0 saturated carbocycles. The van der Waals surface area contributed by atoms with Gasteiger partial charge in [0.25, 0.3) is 5.97 Å². The topological polar surface area (TPSA) is 350 Å². The summed E-state index contributed by atoms with van der Waals surface area (Å²) in [4.78, 5) is 69.8. The standard InChI is InChI=1S/C18H2.C17H4.C16H6.C13H15ClN4O3S.C13H15ClN4OS.C8H7ClN4.C7H14O2S.C5H9ClOS.C5H4.C2H4O2.CH4.BHO4.Na/c1-3-5-7-9-11-13-15-17-18-16-14-12-10-8-6-4-2;1-3-5-7-9-11-13-15-17-16-14-12-10-8-6-4-2;1-3-5-7-9-11-13-15-16-14-12-10-8-6-4-2;1-13(2,22(3,20)21)12(19)16-10-8-18(17-11(10)14)9-5-4-6-15-7-9;1-13(2,20-3)12(19)16-10-8-18(17-11(10)14)9-5-4-6-15-7-9;9-8-7(10)5-13(12-8)6-2-1-3-11-4-6;1-5-9-6(8)7(2,3)10-4;1-5(2,8-3)4(6)7;1-3-5-4-2;1-2(3)4;;2-1-4-5-3;/h1-2H;1H,2H3;1-2H3;4-8H,1-3H3,(H,16,19);4-8H,1-3H3,(H,16,19);1-5H,10H2;5H2,1-4H3;1-3H3;1H,2H3;1H3,(H,3,4);1H4;3H;/q;;;;;;;;;;;;+1/p-1. The van der Waals surface area contributed by atoms with Crippen LogP contribution in [-0.2, 0) is 53.1 Å². The summed E-state index contributed by atoms with van der Waals surface area (Å²) in [5.74, 6) is 116. The summed E-state index contributed by atoms with van der Waals surface area (Å²) in [6.45, 7) is 23.9. The number of nitrogens with one attached hydrogen (secondary N) is 2. The van der Waals surface area contributed by atoms with Gasteiger partial charge in [-0.25, -0.2) is 22.5 Å². The van der Waals surface area contributed by atoms with Crippen LogP contribution in [0.3, 0.4) is 0 Å². The number of carbonyl (C=O) groups excluding carboxylic acids is 4. The predicted molar refractivity (Wildman–Crippen MR) is 558 cm³/mol. The Morgan fingerprint density at radius 1 is 0.471 bits per heavy atom. The number of nitrogens with two attached hydrogens (primary N) is 1. The van der Waals surface area contributed by atoms with Gasteiger partial charge in [0.15, 0.2) is 25.3 Å². The van der Waals surface area contributed by atoms with Crippen molar-refractivity contribution in [3.8, 4) is 327 Å². The Bertz CT molecular complexity index is 6920. The summed E-state index contributed by atoms with van der Waals surface area (Å²) in [6, 6.07) is 10.9. The molecule has 6 rings (SSSR count). The number of hydrogen-bond donors (Lipinski definition) is 4. The number of ether oxygens (including phenoxy) is 1. The van der Waals surface area contributed by atoms with Gasteiger partial charge < -0.3 is 26.2 Å². The second-order valence-corrected chi connectivity index (χ2v) is 32.5. The van der Waals surface area contributed by atoms with E-state index in [9.17, 15) is 27.6 Å². The van der Waals surface area contributed by atoms with Crippen LogP contribution in [0.5, 0.6) is 0 Å². The fourth-order valence-electron chi connectivity index (χ4n) is 5.79. The Kier molecular flexibility index (Phi) is 86.0. The molecule has 0 saturated heterocycles. The van der Waals surface area contributed by atoms with Gasteiger partial charge in [-0.2, -0.15) is 15.3 Å². The van der Waals surface area contributed by atoms with E-state index in [0.29, 0.717) is 28.8 Å². The third-order valence-electron chi connectivity index (χ3n) is 13.2. The number of carboxylic acid groups (broad SMARTS) is 1. The Morgan fingerprint density at radius 3 is 0.914 bits per heavy atom. The van der Waals surface area contributed by atoms with Crippen molar-refractivity contribution in [1.29, 1.82) is 0 Å². The van der Waals surface area contributed by atoms with E-state index in [0.717, 1.165) is 24.6 Å².